The summed E-state index contributed by atoms with van der Waals surface area (Å²) in [6, 6.07) is 6.28. The summed E-state index contributed by atoms with van der Waals surface area (Å²) in [5, 5.41) is 0. The summed E-state index contributed by atoms with van der Waals surface area (Å²) in [5.74, 6) is 0. The molecule has 0 fully saturated rings. The lowest BCUT2D eigenvalue weighted by atomic mass is 10.2. The van der Waals surface area contributed by atoms with E-state index in [-0.39, 0.29) is 0 Å². The van der Waals surface area contributed by atoms with Gasteiger partial charge in [0.15, 0.2) is 11.0 Å². The van der Waals surface area contributed by atoms with Crippen molar-refractivity contribution >= 4 is 11.0 Å². The molecule has 0 unspecified atom stereocenters. The molecule has 0 bridgehead atoms. The predicted octanol–water partition coefficient (Wildman–Crippen LogP) is 1.29. The topological polar surface area (TPSA) is 29.9 Å². The van der Waals surface area contributed by atoms with Gasteiger partial charge in [-0.1, -0.05) is 6.07 Å². The van der Waals surface area contributed by atoms with Crippen molar-refractivity contribution in [3.63, 3.8) is 0 Å². The molecule has 2 nitrogen and oxygen atoms in total. The molecule has 0 saturated heterocycles. The Labute approximate surface area is 58.9 Å². The summed E-state index contributed by atoms with van der Waals surface area (Å²) in [6.45, 7) is 2.08. The molecule has 0 aliphatic heterocycles. The number of H-pyrrole nitrogens is 2. The molecule has 0 spiro atoms. The van der Waals surface area contributed by atoms with Crippen LogP contribution < -0.4 is 4.98 Å². The molecule has 2 rings (SSSR count). The number of hydrogen-bond acceptors (Lipinski definition) is 0. The lowest BCUT2D eigenvalue weighted by Gasteiger charge is -1.85. The number of benzene rings is 1. The van der Waals surface area contributed by atoms with Crippen molar-refractivity contribution < 1.29 is 4.98 Å². The lowest BCUT2D eigenvalue weighted by molar-refractivity contribution is -0.344. The van der Waals surface area contributed by atoms with Gasteiger partial charge in [0.05, 0.1) is 0 Å². The SMILES string of the molecule is Cc1ccc2[nH+]c[nH]c2c1. The van der Waals surface area contributed by atoms with E-state index in [0.29, 0.717) is 0 Å². The van der Waals surface area contributed by atoms with E-state index in [4.69, 9.17) is 0 Å². The standard InChI is InChI=1S/C8H8N2/c1-6-2-3-7-8(4-6)10-5-9-7/h2-5H,1H3,(H,9,10)/p+1. The van der Waals surface area contributed by atoms with Gasteiger partial charge in [-0.15, -0.1) is 0 Å². The van der Waals surface area contributed by atoms with E-state index in [9.17, 15) is 0 Å². The van der Waals surface area contributed by atoms with Crippen LogP contribution in [0.25, 0.3) is 11.0 Å². The van der Waals surface area contributed by atoms with Crippen LogP contribution in [-0.2, 0) is 0 Å². The summed E-state index contributed by atoms with van der Waals surface area (Å²) in [5.41, 5.74) is 3.61. The molecular weight excluding hydrogens is 124 g/mol. The average molecular weight is 133 g/mol. The van der Waals surface area contributed by atoms with Crippen molar-refractivity contribution in [2.24, 2.45) is 0 Å². The third-order valence-corrected chi connectivity index (χ3v) is 1.63. The van der Waals surface area contributed by atoms with Crippen molar-refractivity contribution in [3.05, 3.63) is 30.1 Å². The maximum atomic E-state index is 3.10. The minimum absolute atomic E-state index is 1.16. The highest BCUT2D eigenvalue weighted by Gasteiger charge is 1.98. The first-order valence-corrected chi connectivity index (χ1v) is 3.32. The van der Waals surface area contributed by atoms with Gasteiger partial charge in [0.2, 0.25) is 6.33 Å². The fourth-order valence-electron chi connectivity index (χ4n) is 1.09. The summed E-state index contributed by atoms with van der Waals surface area (Å²) >= 11 is 0. The van der Waals surface area contributed by atoms with Gasteiger partial charge < -0.3 is 0 Å². The number of aromatic nitrogens is 2. The smallest absolute Gasteiger partial charge is 0.240 e. The molecular formula is C8H9N2+. The number of rotatable bonds is 0. The number of hydrogen-bond donors (Lipinski definition) is 1. The molecule has 1 heterocycles. The van der Waals surface area contributed by atoms with Gasteiger partial charge in [-0.3, -0.25) is 0 Å². The Morgan fingerprint density at radius 3 is 3.20 bits per heavy atom. The van der Waals surface area contributed by atoms with Gasteiger partial charge >= 0.3 is 0 Å². The average Bonchev–Trinajstić information content (AvgIpc) is 2.33. The third kappa shape index (κ3) is 0.692. The van der Waals surface area contributed by atoms with Gasteiger partial charge in [0.1, 0.15) is 0 Å². The summed E-state index contributed by atoms with van der Waals surface area (Å²) < 4.78 is 0. The van der Waals surface area contributed by atoms with E-state index in [2.05, 4.69) is 35.1 Å². The van der Waals surface area contributed by atoms with Crippen LogP contribution >= 0.6 is 0 Å². The van der Waals surface area contributed by atoms with Crippen molar-refractivity contribution in [1.82, 2.24) is 4.98 Å². The van der Waals surface area contributed by atoms with Crippen LogP contribution in [0.3, 0.4) is 0 Å². The third-order valence-electron chi connectivity index (χ3n) is 1.63. The molecule has 50 valence electrons. The number of imidazole rings is 1. The molecule has 2 N–H and O–H groups in total. The quantitative estimate of drug-likeness (QED) is 0.561. The normalized spacial score (nSPS) is 10.5. The number of nitrogens with one attached hydrogen (secondary N) is 2. The van der Waals surface area contributed by atoms with Gasteiger partial charge in [-0.25, -0.2) is 9.97 Å². The molecule has 0 radical (unpaired) electrons. The van der Waals surface area contributed by atoms with Crippen LogP contribution in [0, 0.1) is 6.92 Å². The van der Waals surface area contributed by atoms with Crippen LogP contribution in [0.1, 0.15) is 5.56 Å². The number of aryl methyl sites for hydroxylation is 1. The van der Waals surface area contributed by atoms with Gasteiger partial charge in [0.25, 0.3) is 0 Å². The molecule has 2 heteroatoms. The second-order valence-electron chi connectivity index (χ2n) is 2.48. The molecule has 1 aromatic carbocycles. The molecule has 10 heavy (non-hydrogen) atoms. The van der Waals surface area contributed by atoms with E-state index in [1.807, 2.05) is 6.33 Å². The highest BCUT2D eigenvalue weighted by Crippen LogP contribution is 2.07. The van der Waals surface area contributed by atoms with Crippen molar-refractivity contribution in [3.8, 4) is 0 Å². The molecule has 0 saturated carbocycles. The van der Waals surface area contributed by atoms with Gasteiger partial charge in [0, 0.05) is 0 Å². The summed E-state index contributed by atoms with van der Waals surface area (Å²) in [6.07, 6.45) is 1.84. The van der Waals surface area contributed by atoms with Crippen LogP contribution in [0.2, 0.25) is 0 Å². The second kappa shape index (κ2) is 1.84. The Bertz CT molecular complexity index is 349. The molecule has 0 aliphatic carbocycles. The van der Waals surface area contributed by atoms with E-state index >= 15 is 0 Å². The summed E-state index contributed by atoms with van der Waals surface area (Å²) in [7, 11) is 0. The molecule has 0 aliphatic rings. The Kier molecular flexibility index (Phi) is 1.01. The predicted molar refractivity (Wildman–Crippen MR) is 39.6 cm³/mol. The van der Waals surface area contributed by atoms with Crippen molar-refractivity contribution in [2.45, 2.75) is 6.92 Å². The minimum atomic E-state index is 1.16. The molecule has 2 aromatic rings. The maximum absolute atomic E-state index is 3.10. The second-order valence-corrected chi connectivity index (χ2v) is 2.48. The first kappa shape index (κ1) is 5.47. The zero-order valence-corrected chi connectivity index (χ0v) is 5.81. The van der Waals surface area contributed by atoms with E-state index in [1.54, 1.807) is 0 Å². The Hall–Kier alpha value is -1.31. The van der Waals surface area contributed by atoms with Crippen LogP contribution in [0.5, 0.6) is 0 Å². The van der Waals surface area contributed by atoms with E-state index in [1.165, 1.54) is 11.1 Å². The molecule has 1 aromatic heterocycles. The van der Waals surface area contributed by atoms with Gasteiger partial charge in [-0.2, -0.15) is 0 Å². The molecule has 0 atom stereocenters. The van der Waals surface area contributed by atoms with Crippen LogP contribution in [0.15, 0.2) is 24.5 Å². The highest BCUT2D eigenvalue weighted by atomic mass is 14.9. The van der Waals surface area contributed by atoms with Crippen LogP contribution in [0.4, 0.5) is 0 Å². The monoisotopic (exact) mass is 133 g/mol. The van der Waals surface area contributed by atoms with E-state index in [0.717, 1.165) is 5.52 Å². The zero-order chi connectivity index (χ0) is 6.97. The molecule has 0 amide bonds. The fraction of sp³-hybridized carbons (Fsp3) is 0.125. The largest absolute Gasteiger partial charge is 0.244 e. The number of aromatic amines is 2. The van der Waals surface area contributed by atoms with Crippen LogP contribution in [-0.4, -0.2) is 4.98 Å². The first-order valence-electron chi connectivity index (χ1n) is 3.32. The van der Waals surface area contributed by atoms with Crippen molar-refractivity contribution in [2.75, 3.05) is 0 Å². The van der Waals surface area contributed by atoms with Crippen molar-refractivity contribution in [1.29, 1.82) is 0 Å². The Morgan fingerprint density at radius 2 is 2.30 bits per heavy atom. The zero-order valence-electron chi connectivity index (χ0n) is 5.81. The lowest BCUT2D eigenvalue weighted by Crippen LogP contribution is -1.93. The Balaban J connectivity index is 2.86. The summed E-state index contributed by atoms with van der Waals surface area (Å²) in [4.78, 5) is 6.20. The Morgan fingerprint density at radius 1 is 1.40 bits per heavy atom. The maximum Gasteiger partial charge on any atom is 0.240 e. The number of fused-ring (bicyclic) bond motifs is 1. The highest BCUT2D eigenvalue weighted by molar-refractivity contribution is 5.71. The van der Waals surface area contributed by atoms with E-state index < -0.39 is 0 Å². The van der Waals surface area contributed by atoms with Gasteiger partial charge in [-0.05, 0) is 24.6 Å². The first-order chi connectivity index (χ1) is 4.86. The fourth-order valence-corrected chi connectivity index (χ4v) is 1.09. The minimum Gasteiger partial charge on any atom is -0.244 e.